The molecule has 3 rings (SSSR count). The Kier molecular flexibility index (Phi) is 4.48. The number of benzene rings is 2. The summed E-state index contributed by atoms with van der Waals surface area (Å²) in [6.45, 7) is 0. The predicted octanol–water partition coefficient (Wildman–Crippen LogP) is 2.98. The van der Waals surface area contributed by atoms with E-state index in [1.807, 2.05) is 18.2 Å². The van der Waals surface area contributed by atoms with Gasteiger partial charge in [-0.25, -0.2) is 8.42 Å². The van der Waals surface area contributed by atoms with Gasteiger partial charge in [-0.1, -0.05) is 24.3 Å². The summed E-state index contributed by atoms with van der Waals surface area (Å²) in [5, 5.41) is 2.79. The minimum atomic E-state index is -3.42. The highest BCUT2D eigenvalue weighted by molar-refractivity contribution is 7.91. The van der Waals surface area contributed by atoms with Gasteiger partial charge in [0, 0.05) is 12.1 Å². The first-order valence-electron chi connectivity index (χ1n) is 7.74. The summed E-state index contributed by atoms with van der Waals surface area (Å²) in [5.74, 6) is -0.462. The van der Waals surface area contributed by atoms with Crippen LogP contribution in [0.25, 0.3) is 0 Å². The van der Waals surface area contributed by atoms with Crippen LogP contribution in [0, 0.1) is 0 Å². The second kappa shape index (κ2) is 6.54. The van der Waals surface area contributed by atoms with Crippen molar-refractivity contribution < 1.29 is 13.2 Å². The zero-order chi connectivity index (χ0) is 16.3. The number of nitrogens with one attached hydrogen (secondary N) is 1. The molecular weight excluding hydrogens is 310 g/mol. The van der Waals surface area contributed by atoms with Crippen molar-refractivity contribution in [2.45, 2.75) is 30.6 Å². The van der Waals surface area contributed by atoms with Gasteiger partial charge in [-0.05, 0) is 54.7 Å². The summed E-state index contributed by atoms with van der Waals surface area (Å²) in [7, 11) is -3.42. The van der Waals surface area contributed by atoms with Gasteiger partial charge in [0.25, 0.3) is 0 Å². The summed E-state index contributed by atoms with van der Waals surface area (Å²) >= 11 is 0. The molecule has 0 bridgehead atoms. The molecule has 5 heteroatoms. The second-order valence-corrected chi connectivity index (χ2v) is 7.88. The number of sulfone groups is 1. The molecule has 23 heavy (non-hydrogen) atoms. The van der Waals surface area contributed by atoms with E-state index in [4.69, 9.17) is 0 Å². The molecule has 0 atom stereocenters. The van der Waals surface area contributed by atoms with E-state index < -0.39 is 9.84 Å². The molecule has 4 nitrogen and oxygen atoms in total. The van der Waals surface area contributed by atoms with Gasteiger partial charge in [0.1, 0.15) is 0 Å². The third-order valence-corrected chi connectivity index (χ3v) is 5.81. The SMILES string of the molecule is O=C(CCS(=O)(=O)c1ccccc1)Nc1ccc2c(c1)CCC2. The Hall–Kier alpha value is -2.14. The quantitative estimate of drug-likeness (QED) is 0.917. The molecule has 0 aliphatic heterocycles. The second-order valence-electron chi connectivity index (χ2n) is 5.77. The molecule has 0 saturated heterocycles. The van der Waals surface area contributed by atoms with E-state index >= 15 is 0 Å². The Labute approximate surface area is 136 Å². The van der Waals surface area contributed by atoms with Gasteiger partial charge in [-0.15, -0.1) is 0 Å². The lowest BCUT2D eigenvalue weighted by Crippen LogP contribution is -2.17. The van der Waals surface area contributed by atoms with Gasteiger partial charge in [-0.2, -0.15) is 0 Å². The molecule has 1 aliphatic carbocycles. The zero-order valence-corrected chi connectivity index (χ0v) is 13.6. The van der Waals surface area contributed by atoms with Crippen molar-refractivity contribution >= 4 is 21.4 Å². The molecule has 1 N–H and O–H groups in total. The summed E-state index contributed by atoms with van der Waals surface area (Å²) < 4.78 is 24.3. The van der Waals surface area contributed by atoms with Crippen LogP contribution >= 0.6 is 0 Å². The molecule has 2 aromatic rings. The zero-order valence-electron chi connectivity index (χ0n) is 12.8. The number of carbonyl (C=O) groups is 1. The number of anilines is 1. The highest BCUT2D eigenvalue weighted by Crippen LogP contribution is 2.25. The molecule has 0 radical (unpaired) electrons. The lowest BCUT2D eigenvalue weighted by molar-refractivity contribution is -0.115. The Bertz CT molecular complexity index is 813. The lowest BCUT2D eigenvalue weighted by atomic mass is 10.1. The van der Waals surface area contributed by atoms with Gasteiger partial charge in [-0.3, -0.25) is 4.79 Å². The monoisotopic (exact) mass is 329 g/mol. The lowest BCUT2D eigenvalue weighted by Gasteiger charge is -2.08. The van der Waals surface area contributed by atoms with Gasteiger partial charge in [0.05, 0.1) is 10.6 Å². The Morgan fingerprint density at radius 2 is 1.74 bits per heavy atom. The standard InChI is InChI=1S/C18H19NO3S/c20-18(11-12-23(21,22)17-7-2-1-3-8-17)19-16-10-9-14-5-4-6-15(14)13-16/h1-3,7-10,13H,4-6,11-12H2,(H,19,20). The topological polar surface area (TPSA) is 63.2 Å². The van der Waals surface area contributed by atoms with E-state index in [-0.39, 0.29) is 23.0 Å². The molecule has 0 aromatic heterocycles. The fourth-order valence-corrected chi connectivity index (χ4v) is 4.11. The van der Waals surface area contributed by atoms with E-state index in [2.05, 4.69) is 5.32 Å². The average Bonchev–Trinajstić information content (AvgIpc) is 3.02. The van der Waals surface area contributed by atoms with Crippen molar-refractivity contribution in [3.63, 3.8) is 0 Å². The summed E-state index contributed by atoms with van der Waals surface area (Å²) in [4.78, 5) is 12.3. The first-order valence-corrected chi connectivity index (χ1v) is 9.39. The van der Waals surface area contributed by atoms with Crippen LogP contribution < -0.4 is 5.32 Å². The number of aryl methyl sites for hydroxylation is 2. The highest BCUT2D eigenvalue weighted by atomic mass is 32.2. The maximum atomic E-state index is 12.2. The number of amides is 1. The van der Waals surface area contributed by atoms with Crippen LogP contribution in [0.5, 0.6) is 0 Å². The van der Waals surface area contributed by atoms with Crippen LogP contribution in [0.3, 0.4) is 0 Å². The molecule has 0 unspecified atom stereocenters. The van der Waals surface area contributed by atoms with Crippen LogP contribution in [0.15, 0.2) is 53.4 Å². The van der Waals surface area contributed by atoms with Gasteiger partial charge in [0.2, 0.25) is 5.91 Å². The minimum absolute atomic E-state index is 0.0473. The molecule has 0 fully saturated rings. The van der Waals surface area contributed by atoms with Crippen molar-refractivity contribution in [2.75, 3.05) is 11.1 Å². The van der Waals surface area contributed by atoms with Crippen molar-refractivity contribution in [1.29, 1.82) is 0 Å². The Morgan fingerprint density at radius 1 is 1.00 bits per heavy atom. The van der Waals surface area contributed by atoms with Crippen LogP contribution in [-0.2, 0) is 27.5 Å². The highest BCUT2D eigenvalue weighted by Gasteiger charge is 2.17. The number of hydrogen-bond acceptors (Lipinski definition) is 3. The fraction of sp³-hybridized carbons (Fsp3) is 0.278. The molecule has 2 aromatic carbocycles. The van der Waals surface area contributed by atoms with E-state index in [1.165, 1.54) is 11.1 Å². The molecule has 120 valence electrons. The van der Waals surface area contributed by atoms with Crippen molar-refractivity contribution in [3.05, 3.63) is 59.7 Å². The van der Waals surface area contributed by atoms with Crippen molar-refractivity contribution in [2.24, 2.45) is 0 Å². The maximum Gasteiger partial charge on any atom is 0.225 e. The van der Waals surface area contributed by atoms with E-state index in [0.29, 0.717) is 0 Å². The van der Waals surface area contributed by atoms with Crippen molar-refractivity contribution in [3.8, 4) is 0 Å². The Morgan fingerprint density at radius 3 is 2.52 bits per heavy atom. The Balaban J connectivity index is 1.60. The smallest absolute Gasteiger partial charge is 0.225 e. The summed E-state index contributed by atoms with van der Waals surface area (Å²) in [5.41, 5.74) is 3.36. The van der Waals surface area contributed by atoms with Gasteiger partial charge < -0.3 is 5.32 Å². The van der Waals surface area contributed by atoms with E-state index in [9.17, 15) is 13.2 Å². The van der Waals surface area contributed by atoms with Crippen LogP contribution in [0.4, 0.5) is 5.69 Å². The average molecular weight is 329 g/mol. The number of carbonyl (C=O) groups excluding carboxylic acids is 1. The number of hydrogen-bond donors (Lipinski definition) is 1. The molecule has 0 saturated carbocycles. The maximum absolute atomic E-state index is 12.2. The van der Waals surface area contributed by atoms with E-state index in [0.717, 1.165) is 24.9 Å². The molecule has 1 aliphatic rings. The normalized spacial score (nSPS) is 13.6. The van der Waals surface area contributed by atoms with Crippen LogP contribution in [0.2, 0.25) is 0 Å². The van der Waals surface area contributed by atoms with Gasteiger partial charge in [0.15, 0.2) is 9.84 Å². The molecule has 1 amide bonds. The third kappa shape index (κ3) is 3.79. The minimum Gasteiger partial charge on any atom is -0.326 e. The molecule has 0 heterocycles. The first kappa shape index (κ1) is 15.7. The molecule has 0 spiro atoms. The fourth-order valence-electron chi connectivity index (χ4n) is 2.85. The number of rotatable bonds is 5. The largest absolute Gasteiger partial charge is 0.326 e. The third-order valence-electron chi connectivity index (χ3n) is 4.08. The molecular formula is C18H19NO3S. The van der Waals surface area contributed by atoms with Crippen molar-refractivity contribution in [1.82, 2.24) is 0 Å². The number of fused-ring (bicyclic) bond motifs is 1. The first-order chi connectivity index (χ1) is 11.0. The summed E-state index contributed by atoms with van der Waals surface area (Å²) in [6, 6.07) is 14.1. The van der Waals surface area contributed by atoms with Crippen LogP contribution in [-0.4, -0.2) is 20.1 Å². The van der Waals surface area contributed by atoms with Crippen LogP contribution in [0.1, 0.15) is 24.0 Å². The predicted molar refractivity (Wildman–Crippen MR) is 90.2 cm³/mol. The van der Waals surface area contributed by atoms with E-state index in [1.54, 1.807) is 30.3 Å². The van der Waals surface area contributed by atoms with Gasteiger partial charge >= 0.3 is 0 Å². The summed E-state index contributed by atoms with van der Waals surface area (Å²) in [6.07, 6.45) is 3.25.